The van der Waals surface area contributed by atoms with E-state index in [2.05, 4.69) is 20.7 Å². The highest BCUT2D eigenvalue weighted by atomic mass is 16.2. The molecule has 19 heavy (non-hydrogen) atoms. The van der Waals surface area contributed by atoms with Crippen molar-refractivity contribution in [1.29, 1.82) is 0 Å². The highest BCUT2D eigenvalue weighted by molar-refractivity contribution is 5.89. The van der Waals surface area contributed by atoms with Gasteiger partial charge in [-0.2, -0.15) is 5.10 Å². The van der Waals surface area contributed by atoms with E-state index in [1.54, 1.807) is 42.3 Å². The van der Waals surface area contributed by atoms with E-state index >= 15 is 0 Å². The molecule has 0 saturated carbocycles. The van der Waals surface area contributed by atoms with Crippen molar-refractivity contribution in [2.75, 3.05) is 17.6 Å². The van der Waals surface area contributed by atoms with Crippen molar-refractivity contribution < 1.29 is 4.79 Å². The van der Waals surface area contributed by atoms with E-state index in [9.17, 15) is 4.79 Å². The minimum Gasteiger partial charge on any atom is -0.399 e. The molecule has 0 fully saturated rings. The molecule has 2 aromatic rings. The Balaban J connectivity index is 1.74. The van der Waals surface area contributed by atoms with Crippen molar-refractivity contribution in [3.63, 3.8) is 0 Å². The van der Waals surface area contributed by atoms with Crippen LogP contribution in [0.3, 0.4) is 0 Å². The normalized spacial score (nSPS) is 10.2. The molecule has 2 rings (SSSR count). The number of nitrogens with two attached hydrogens (primary N) is 1. The Morgan fingerprint density at radius 2 is 2.11 bits per heavy atom. The van der Waals surface area contributed by atoms with Gasteiger partial charge >= 0.3 is 6.03 Å². The van der Waals surface area contributed by atoms with E-state index in [1.807, 2.05) is 0 Å². The van der Waals surface area contributed by atoms with Gasteiger partial charge < -0.3 is 16.4 Å². The minimum atomic E-state index is -0.263. The first kappa shape index (κ1) is 12.9. The molecular weight excluding hydrogens is 244 g/mol. The van der Waals surface area contributed by atoms with E-state index in [0.29, 0.717) is 30.2 Å². The number of nitrogen functional groups attached to an aromatic ring is 1. The molecule has 7 nitrogen and oxygen atoms in total. The zero-order valence-corrected chi connectivity index (χ0v) is 10.6. The summed E-state index contributed by atoms with van der Waals surface area (Å²) in [6.07, 6.45) is 2.22. The maximum absolute atomic E-state index is 11.6. The first-order chi connectivity index (χ1) is 9.13. The highest BCUT2D eigenvalue weighted by Crippen LogP contribution is 2.09. The second-order valence-electron chi connectivity index (χ2n) is 4.09. The SMILES string of the molecule is Cn1cnc(CCNC(=O)Nc2ccc(N)cc2)n1. The second kappa shape index (κ2) is 5.85. The predicted octanol–water partition coefficient (Wildman–Crippen LogP) is 0.761. The van der Waals surface area contributed by atoms with Crippen LogP contribution in [0.4, 0.5) is 16.2 Å². The van der Waals surface area contributed by atoms with E-state index in [4.69, 9.17) is 5.73 Å². The first-order valence-electron chi connectivity index (χ1n) is 5.88. The molecule has 1 heterocycles. The van der Waals surface area contributed by atoms with Crippen LogP contribution in [-0.2, 0) is 13.5 Å². The Hall–Kier alpha value is -2.57. The average molecular weight is 260 g/mol. The number of hydrogen-bond donors (Lipinski definition) is 3. The Kier molecular flexibility index (Phi) is 3.97. The summed E-state index contributed by atoms with van der Waals surface area (Å²) < 4.78 is 1.63. The van der Waals surface area contributed by atoms with E-state index in [-0.39, 0.29) is 6.03 Å². The zero-order valence-electron chi connectivity index (χ0n) is 10.6. The molecule has 0 aliphatic rings. The lowest BCUT2D eigenvalue weighted by Gasteiger charge is -2.06. The van der Waals surface area contributed by atoms with Crippen molar-refractivity contribution in [3.05, 3.63) is 36.4 Å². The summed E-state index contributed by atoms with van der Waals surface area (Å²) in [6, 6.07) is 6.69. The van der Waals surface area contributed by atoms with E-state index < -0.39 is 0 Å². The number of nitrogens with zero attached hydrogens (tertiary/aromatic N) is 3. The number of hydrogen-bond acceptors (Lipinski definition) is 4. The summed E-state index contributed by atoms with van der Waals surface area (Å²) in [5, 5.41) is 9.56. The van der Waals surface area contributed by atoms with Gasteiger partial charge in [0.2, 0.25) is 0 Å². The van der Waals surface area contributed by atoms with Crippen LogP contribution < -0.4 is 16.4 Å². The number of rotatable bonds is 4. The van der Waals surface area contributed by atoms with Crippen molar-refractivity contribution in [2.45, 2.75) is 6.42 Å². The van der Waals surface area contributed by atoms with Gasteiger partial charge in [-0.25, -0.2) is 9.78 Å². The van der Waals surface area contributed by atoms with Crippen LogP contribution in [0.25, 0.3) is 0 Å². The fourth-order valence-corrected chi connectivity index (χ4v) is 1.53. The topological polar surface area (TPSA) is 97.9 Å². The molecule has 4 N–H and O–H groups in total. The number of aromatic nitrogens is 3. The maximum Gasteiger partial charge on any atom is 0.319 e. The summed E-state index contributed by atoms with van der Waals surface area (Å²) in [6.45, 7) is 0.477. The third-order valence-electron chi connectivity index (χ3n) is 2.45. The monoisotopic (exact) mass is 260 g/mol. The van der Waals surface area contributed by atoms with Gasteiger partial charge in [-0.15, -0.1) is 0 Å². The molecule has 0 radical (unpaired) electrons. The summed E-state index contributed by atoms with van der Waals surface area (Å²) >= 11 is 0. The van der Waals surface area contributed by atoms with Gasteiger partial charge in [-0.3, -0.25) is 4.68 Å². The summed E-state index contributed by atoms with van der Waals surface area (Å²) in [7, 11) is 1.80. The lowest BCUT2D eigenvalue weighted by atomic mass is 10.3. The van der Waals surface area contributed by atoms with Crippen molar-refractivity contribution in [2.24, 2.45) is 7.05 Å². The molecule has 0 aliphatic heterocycles. The van der Waals surface area contributed by atoms with Crippen molar-refractivity contribution in [1.82, 2.24) is 20.1 Å². The minimum absolute atomic E-state index is 0.263. The number of urea groups is 1. The number of anilines is 2. The van der Waals surface area contributed by atoms with Crippen molar-refractivity contribution in [3.8, 4) is 0 Å². The van der Waals surface area contributed by atoms with Crippen LogP contribution in [0.1, 0.15) is 5.82 Å². The third kappa shape index (κ3) is 3.98. The van der Waals surface area contributed by atoms with Gasteiger partial charge in [-0.1, -0.05) is 0 Å². The number of nitrogens with one attached hydrogen (secondary N) is 2. The van der Waals surface area contributed by atoms with Gasteiger partial charge in [0.05, 0.1) is 0 Å². The standard InChI is InChI=1S/C12H16N6O/c1-18-8-15-11(17-18)6-7-14-12(19)16-10-4-2-9(13)3-5-10/h2-5,8H,6-7,13H2,1H3,(H2,14,16,19). The lowest BCUT2D eigenvalue weighted by Crippen LogP contribution is -2.30. The fraction of sp³-hybridized carbons (Fsp3) is 0.250. The Labute approximate surface area is 110 Å². The lowest BCUT2D eigenvalue weighted by molar-refractivity contribution is 0.252. The second-order valence-corrected chi connectivity index (χ2v) is 4.09. The van der Waals surface area contributed by atoms with Gasteiger partial charge in [0.25, 0.3) is 0 Å². The van der Waals surface area contributed by atoms with Crippen LogP contribution in [-0.4, -0.2) is 27.3 Å². The van der Waals surface area contributed by atoms with Crippen LogP contribution >= 0.6 is 0 Å². The summed E-state index contributed by atoms with van der Waals surface area (Å²) in [4.78, 5) is 15.7. The summed E-state index contributed by atoms with van der Waals surface area (Å²) in [5.41, 5.74) is 6.92. The van der Waals surface area contributed by atoms with Crippen LogP contribution in [0.5, 0.6) is 0 Å². The summed E-state index contributed by atoms with van der Waals surface area (Å²) in [5.74, 6) is 0.704. The average Bonchev–Trinajstić information content (AvgIpc) is 2.78. The van der Waals surface area contributed by atoms with E-state index in [1.165, 1.54) is 0 Å². The Morgan fingerprint density at radius 3 is 2.74 bits per heavy atom. The fourth-order valence-electron chi connectivity index (χ4n) is 1.53. The number of benzene rings is 1. The number of carbonyl (C=O) groups excluding carboxylic acids is 1. The smallest absolute Gasteiger partial charge is 0.319 e. The molecule has 1 aromatic carbocycles. The van der Waals surface area contributed by atoms with Gasteiger partial charge in [0, 0.05) is 31.4 Å². The molecule has 100 valence electrons. The molecule has 7 heteroatoms. The predicted molar refractivity (Wildman–Crippen MR) is 72.6 cm³/mol. The van der Waals surface area contributed by atoms with E-state index in [0.717, 1.165) is 0 Å². The number of amides is 2. The molecule has 0 bridgehead atoms. The molecule has 0 spiro atoms. The van der Waals surface area contributed by atoms with Gasteiger partial charge in [-0.05, 0) is 24.3 Å². The molecule has 0 unspecified atom stereocenters. The molecule has 1 aromatic heterocycles. The Morgan fingerprint density at radius 1 is 1.37 bits per heavy atom. The first-order valence-corrected chi connectivity index (χ1v) is 5.88. The third-order valence-corrected chi connectivity index (χ3v) is 2.45. The Bertz CT molecular complexity index is 548. The molecule has 0 atom stereocenters. The molecule has 2 amide bonds. The van der Waals surface area contributed by atoms with Crippen LogP contribution in [0.15, 0.2) is 30.6 Å². The number of carbonyl (C=O) groups is 1. The van der Waals surface area contributed by atoms with Gasteiger partial charge in [0.1, 0.15) is 6.33 Å². The van der Waals surface area contributed by atoms with Gasteiger partial charge in [0.15, 0.2) is 5.82 Å². The van der Waals surface area contributed by atoms with Crippen molar-refractivity contribution >= 4 is 17.4 Å². The highest BCUT2D eigenvalue weighted by Gasteiger charge is 2.03. The largest absolute Gasteiger partial charge is 0.399 e. The maximum atomic E-state index is 11.6. The quantitative estimate of drug-likeness (QED) is 0.707. The van der Waals surface area contributed by atoms with Crippen LogP contribution in [0, 0.1) is 0 Å². The zero-order chi connectivity index (χ0) is 13.7. The number of aryl methyl sites for hydroxylation is 1. The molecule has 0 saturated heterocycles. The van der Waals surface area contributed by atoms with Crippen LogP contribution in [0.2, 0.25) is 0 Å². The molecule has 0 aliphatic carbocycles. The molecular formula is C12H16N6O.